The molecule has 7 nitrogen and oxygen atoms in total. The highest BCUT2D eigenvalue weighted by Gasteiger charge is 2.19. The van der Waals surface area contributed by atoms with Gasteiger partial charge in [-0.3, -0.25) is 4.40 Å². The van der Waals surface area contributed by atoms with Crippen LogP contribution in [-0.2, 0) is 0 Å². The first-order valence-corrected chi connectivity index (χ1v) is 8.74. The highest BCUT2D eigenvalue weighted by molar-refractivity contribution is 7.99. The predicted molar refractivity (Wildman–Crippen MR) is 95.1 cm³/mol. The Kier molecular flexibility index (Phi) is 3.84. The van der Waals surface area contributed by atoms with Crippen LogP contribution in [0.5, 0.6) is 5.75 Å². The van der Waals surface area contributed by atoms with Gasteiger partial charge in [-0.25, -0.2) is 0 Å². The van der Waals surface area contributed by atoms with E-state index < -0.39 is 0 Å². The van der Waals surface area contributed by atoms with Gasteiger partial charge in [0.1, 0.15) is 5.75 Å². The minimum Gasteiger partial charge on any atom is -0.497 e. The van der Waals surface area contributed by atoms with Gasteiger partial charge >= 0.3 is 0 Å². The first kappa shape index (κ1) is 15.9. The molecule has 0 radical (unpaired) electrons. The normalized spacial score (nSPS) is 12.8. The fourth-order valence-corrected chi connectivity index (χ4v) is 3.69. The molecule has 8 heteroatoms. The molecule has 1 aromatic carbocycles. The minimum absolute atomic E-state index is 0.0319. The van der Waals surface area contributed by atoms with Crippen LogP contribution in [0.4, 0.5) is 0 Å². The third kappa shape index (κ3) is 2.72. The summed E-state index contributed by atoms with van der Waals surface area (Å²) in [7, 11) is 1.66. The number of benzene rings is 1. The lowest BCUT2D eigenvalue weighted by atomic mass is 10.1. The first-order valence-electron chi connectivity index (χ1n) is 7.86. The molecule has 0 saturated carbocycles. The monoisotopic (exact) mass is 355 g/mol. The van der Waals surface area contributed by atoms with Crippen molar-refractivity contribution in [1.82, 2.24) is 24.7 Å². The number of hydrogen-bond acceptors (Lipinski definition) is 7. The Bertz CT molecular complexity index is 1070. The lowest BCUT2D eigenvalue weighted by molar-refractivity contribution is 0.376. The zero-order valence-electron chi connectivity index (χ0n) is 14.3. The molecule has 0 fully saturated rings. The van der Waals surface area contributed by atoms with Crippen molar-refractivity contribution in [3.63, 3.8) is 0 Å². The van der Waals surface area contributed by atoms with Gasteiger partial charge in [-0.15, -0.1) is 10.2 Å². The van der Waals surface area contributed by atoms with E-state index in [0.29, 0.717) is 11.7 Å². The Balaban J connectivity index is 1.85. The quantitative estimate of drug-likeness (QED) is 0.516. The van der Waals surface area contributed by atoms with Crippen LogP contribution in [0.25, 0.3) is 16.6 Å². The van der Waals surface area contributed by atoms with Crippen molar-refractivity contribution < 1.29 is 9.26 Å². The molecule has 1 atom stereocenters. The van der Waals surface area contributed by atoms with E-state index in [-0.39, 0.29) is 5.25 Å². The van der Waals surface area contributed by atoms with Crippen LogP contribution in [-0.4, -0.2) is 31.8 Å². The number of aryl methyl sites for hydroxylation is 2. The Labute approximate surface area is 148 Å². The van der Waals surface area contributed by atoms with Crippen molar-refractivity contribution >= 4 is 28.3 Å². The van der Waals surface area contributed by atoms with E-state index in [1.54, 1.807) is 14.0 Å². The molecule has 0 saturated heterocycles. The fraction of sp³-hybridized carbons (Fsp3) is 0.294. The number of nitrogens with zero attached hydrogens (tertiary/aromatic N) is 5. The number of pyridine rings is 1. The molecule has 4 rings (SSSR count). The predicted octanol–water partition coefficient (Wildman–Crippen LogP) is 3.74. The van der Waals surface area contributed by atoms with Crippen LogP contribution < -0.4 is 4.74 Å². The zero-order valence-corrected chi connectivity index (χ0v) is 15.2. The average Bonchev–Trinajstić information content (AvgIpc) is 3.21. The van der Waals surface area contributed by atoms with Gasteiger partial charge in [0.05, 0.1) is 17.9 Å². The number of thioether (sulfide) groups is 1. The summed E-state index contributed by atoms with van der Waals surface area (Å²) in [5.41, 5.74) is 2.96. The van der Waals surface area contributed by atoms with E-state index in [2.05, 4.69) is 33.3 Å². The van der Waals surface area contributed by atoms with Gasteiger partial charge in [0.25, 0.3) is 0 Å². The third-order valence-corrected chi connectivity index (χ3v) is 5.08. The van der Waals surface area contributed by atoms with Crippen molar-refractivity contribution in [2.45, 2.75) is 31.2 Å². The largest absolute Gasteiger partial charge is 0.497 e. The molecule has 0 bridgehead atoms. The van der Waals surface area contributed by atoms with Gasteiger partial charge in [-0.2, -0.15) is 4.98 Å². The van der Waals surface area contributed by atoms with Crippen LogP contribution in [0.1, 0.15) is 29.5 Å². The van der Waals surface area contributed by atoms with Crippen molar-refractivity contribution in [2.24, 2.45) is 0 Å². The molecule has 25 heavy (non-hydrogen) atoms. The summed E-state index contributed by atoms with van der Waals surface area (Å²) in [5.74, 6) is 2.00. The maximum atomic E-state index is 5.39. The van der Waals surface area contributed by atoms with Crippen molar-refractivity contribution in [1.29, 1.82) is 0 Å². The Morgan fingerprint density at radius 2 is 2.04 bits per heavy atom. The second-order valence-corrected chi connectivity index (χ2v) is 7.13. The third-order valence-electron chi connectivity index (χ3n) is 4.05. The van der Waals surface area contributed by atoms with E-state index in [9.17, 15) is 0 Å². The van der Waals surface area contributed by atoms with Gasteiger partial charge in [0.15, 0.2) is 16.6 Å². The number of hydrogen-bond donors (Lipinski definition) is 0. The van der Waals surface area contributed by atoms with Crippen molar-refractivity contribution in [3.05, 3.63) is 41.5 Å². The van der Waals surface area contributed by atoms with E-state index in [1.165, 1.54) is 11.8 Å². The lowest BCUT2D eigenvalue weighted by Gasteiger charge is -2.10. The summed E-state index contributed by atoms with van der Waals surface area (Å²) >= 11 is 1.53. The molecule has 0 aliphatic carbocycles. The number of rotatable bonds is 4. The average molecular weight is 355 g/mol. The smallest absolute Gasteiger partial charge is 0.239 e. The SMILES string of the molecule is COc1ccc2c(C)cc3nnc(SC(C)c4nc(C)no4)n3c2c1. The van der Waals surface area contributed by atoms with Gasteiger partial charge in [-0.05, 0) is 44.5 Å². The fourth-order valence-electron chi connectivity index (χ4n) is 2.79. The van der Waals surface area contributed by atoms with Gasteiger partial charge < -0.3 is 9.26 Å². The Morgan fingerprint density at radius 3 is 2.76 bits per heavy atom. The number of methoxy groups -OCH3 is 1. The molecule has 0 amide bonds. The summed E-state index contributed by atoms with van der Waals surface area (Å²) < 4.78 is 12.7. The Hall–Kier alpha value is -2.61. The molecule has 3 heterocycles. The van der Waals surface area contributed by atoms with Crippen LogP contribution in [0.2, 0.25) is 0 Å². The van der Waals surface area contributed by atoms with Crippen LogP contribution in [0.3, 0.4) is 0 Å². The van der Waals surface area contributed by atoms with E-state index >= 15 is 0 Å². The number of aromatic nitrogens is 5. The summed E-state index contributed by atoms with van der Waals surface area (Å²) in [6.45, 7) is 5.88. The molecule has 0 N–H and O–H groups in total. The summed E-state index contributed by atoms with van der Waals surface area (Å²) in [6, 6.07) is 8.06. The highest BCUT2D eigenvalue weighted by Crippen LogP contribution is 2.35. The van der Waals surface area contributed by atoms with Crippen LogP contribution >= 0.6 is 11.8 Å². The summed E-state index contributed by atoms with van der Waals surface area (Å²) in [4.78, 5) is 4.30. The number of fused-ring (bicyclic) bond motifs is 3. The zero-order chi connectivity index (χ0) is 17.6. The lowest BCUT2D eigenvalue weighted by Crippen LogP contribution is -1.96. The number of ether oxygens (including phenoxy) is 1. The second kappa shape index (κ2) is 6.03. The summed E-state index contributed by atoms with van der Waals surface area (Å²) in [6.07, 6.45) is 0. The topological polar surface area (TPSA) is 78.3 Å². The molecule has 0 aliphatic heterocycles. The first-order chi connectivity index (χ1) is 12.1. The molecule has 3 aromatic heterocycles. The van der Waals surface area contributed by atoms with E-state index in [4.69, 9.17) is 9.26 Å². The highest BCUT2D eigenvalue weighted by atomic mass is 32.2. The maximum Gasteiger partial charge on any atom is 0.239 e. The van der Waals surface area contributed by atoms with Gasteiger partial charge in [0, 0.05) is 11.5 Å². The standard InChI is InChI=1S/C17H17N5O2S/c1-9-7-15-19-20-17(25-10(2)16-18-11(3)21-24-16)22(15)14-8-12(23-4)5-6-13(9)14/h5-8,10H,1-4H3. The van der Waals surface area contributed by atoms with Gasteiger partial charge in [-0.1, -0.05) is 16.9 Å². The minimum atomic E-state index is -0.0319. The maximum absolute atomic E-state index is 5.39. The van der Waals surface area contributed by atoms with E-state index in [0.717, 1.165) is 33.0 Å². The molecular weight excluding hydrogens is 338 g/mol. The molecule has 0 aliphatic rings. The van der Waals surface area contributed by atoms with Crippen LogP contribution in [0.15, 0.2) is 33.9 Å². The summed E-state index contributed by atoms with van der Waals surface area (Å²) in [5, 5.41) is 14.4. The molecule has 128 valence electrons. The van der Waals surface area contributed by atoms with Gasteiger partial charge in [0.2, 0.25) is 5.89 Å². The van der Waals surface area contributed by atoms with E-state index in [1.807, 2.05) is 29.5 Å². The van der Waals surface area contributed by atoms with Crippen LogP contribution in [0, 0.1) is 13.8 Å². The Morgan fingerprint density at radius 1 is 1.20 bits per heavy atom. The second-order valence-electron chi connectivity index (χ2n) is 5.83. The molecular formula is C17H17N5O2S. The van der Waals surface area contributed by atoms with Crippen molar-refractivity contribution in [2.75, 3.05) is 7.11 Å². The molecule has 4 aromatic rings. The molecule has 0 spiro atoms. The van der Waals surface area contributed by atoms with Crippen molar-refractivity contribution in [3.8, 4) is 5.75 Å². The molecule has 1 unspecified atom stereocenters.